The number of H-pyrrole nitrogens is 1. The van der Waals surface area contributed by atoms with Crippen molar-refractivity contribution in [1.82, 2.24) is 9.55 Å². The van der Waals surface area contributed by atoms with Crippen molar-refractivity contribution in [2.75, 3.05) is 0 Å². The van der Waals surface area contributed by atoms with Crippen LogP contribution in [0, 0.1) is 6.92 Å². The predicted octanol–water partition coefficient (Wildman–Crippen LogP) is 0.696. The molecule has 112 valence electrons. The van der Waals surface area contributed by atoms with E-state index in [1.807, 2.05) is 0 Å². The summed E-state index contributed by atoms with van der Waals surface area (Å²) in [7, 11) is 0. The molecule has 1 aromatic heterocycles. The van der Waals surface area contributed by atoms with Crippen LogP contribution in [0.2, 0.25) is 0 Å². The molecule has 0 bridgehead atoms. The molecule has 1 aromatic rings. The van der Waals surface area contributed by atoms with Crippen molar-refractivity contribution in [2.24, 2.45) is 0 Å². The summed E-state index contributed by atoms with van der Waals surface area (Å²) in [6.07, 6.45) is 2.90. The maximum atomic E-state index is 11.7. The highest BCUT2D eigenvalue weighted by Crippen LogP contribution is 2.52. The molecule has 1 heterocycles. The predicted molar refractivity (Wildman–Crippen MR) is 73.5 cm³/mol. The van der Waals surface area contributed by atoms with E-state index in [4.69, 9.17) is 14.0 Å². The summed E-state index contributed by atoms with van der Waals surface area (Å²) in [6.45, 7) is -2.64. The van der Waals surface area contributed by atoms with Gasteiger partial charge in [-0.05, 0) is 26.2 Å². The number of nitrogens with zero attached hydrogens (tertiary/aromatic N) is 1. The third kappa shape index (κ3) is 3.83. The highest BCUT2D eigenvalue weighted by atomic mass is 32.7. The van der Waals surface area contributed by atoms with Crippen molar-refractivity contribution in [1.29, 1.82) is 0 Å². The summed E-state index contributed by atoms with van der Waals surface area (Å²) < 4.78 is 17.2. The number of aryl methyl sites for hydroxylation is 1. The van der Waals surface area contributed by atoms with E-state index in [1.165, 1.54) is 10.8 Å². The first-order valence-electron chi connectivity index (χ1n) is 5.99. The van der Waals surface area contributed by atoms with Gasteiger partial charge in [0.25, 0.3) is 5.56 Å². The molecule has 0 unspecified atom stereocenters. The largest absolute Gasteiger partial charge is 0.410 e. The smallest absolute Gasteiger partial charge is 0.315 e. The van der Waals surface area contributed by atoms with E-state index >= 15 is 0 Å². The van der Waals surface area contributed by atoms with E-state index in [-0.39, 0.29) is 23.8 Å². The number of aromatic amines is 1. The van der Waals surface area contributed by atoms with Crippen LogP contribution in [0.3, 0.4) is 0 Å². The minimum Gasteiger partial charge on any atom is -0.315 e. The molecule has 1 fully saturated rings. The van der Waals surface area contributed by atoms with Gasteiger partial charge in [-0.25, -0.2) is 9.36 Å². The SMILES string of the molecule is Cc1cn([C@H]2CC[C@@H](OSP(=O)(O)O)C2)c(=O)[nH]c1=O. The van der Waals surface area contributed by atoms with Crippen LogP contribution in [0.1, 0.15) is 30.9 Å². The minimum absolute atomic E-state index is 0.138. The molecular weight excluding hydrogens is 307 g/mol. The standard InChI is InChI=1S/C10H15N2O6PS/c1-6-5-12(10(14)11-9(6)13)7-2-3-8(4-7)18-20-19(15,16)17/h5,7-8H,2-4H2,1H3,(H,11,13,14)(H2,15,16,17)/t7-,8+/m0/s1. The molecule has 0 aliphatic heterocycles. The maximum absolute atomic E-state index is 11.7. The Bertz CT molecular complexity index is 650. The van der Waals surface area contributed by atoms with Gasteiger partial charge in [-0.3, -0.25) is 14.3 Å². The van der Waals surface area contributed by atoms with Crippen molar-refractivity contribution in [3.8, 4) is 0 Å². The van der Waals surface area contributed by atoms with Crippen molar-refractivity contribution in [2.45, 2.75) is 38.3 Å². The first-order valence-corrected chi connectivity index (χ1v) is 8.95. The highest BCUT2D eigenvalue weighted by molar-refractivity contribution is 8.52. The number of hydrogen-bond donors (Lipinski definition) is 3. The Balaban J connectivity index is 2.06. The minimum atomic E-state index is -4.26. The van der Waals surface area contributed by atoms with Crippen molar-refractivity contribution in [3.63, 3.8) is 0 Å². The Labute approximate surface area is 118 Å². The number of rotatable bonds is 4. The number of hydrogen-bond acceptors (Lipinski definition) is 5. The first kappa shape index (κ1) is 15.5. The van der Waals surface area contributed by atoms with Gasteiger partial charge in [0.1, 0.15) is 11.7 Å². The Hall–Kier alpha value is -0.860. The first-order chi connectivity index (χ1) is 9.26. The van der Waals surface area contributed by atoms with Crippen LogP contribution in [0.15, 0.2) is 15.8 Å². The van der Waals surface area contributed by atoms with E-state index in [1.54, 1.807) is 6.92 Å². The van der Waals surface area contributed by atoms with E-state index in [2.05, 4.69) is 4.98 Å². The lowest BCUT2D eigenvalue weighted by atomic mass is 10.2. The van der Waals surface area contributed by atoms with Crippen molar-refractivity contribution >= 4 is 18.5 Å². The van der Waals surface area contributed by atoms with Gasteiger partial charge in [0.2, 0.25) is 0 Å². The second kappa shape index (κ2) is 5.87. The van der Waals surface area contributed by atoms with Gasteiger partial charge in [-0.1, -0.05) is 0 Å². The maximum Gasteiger partial charge on any atom is 0.410 e. The van der Waals surface area contributed by atoms with E-state index in [0.717, 1.165) is 0 Å². The van der Waals surface area contributed by atoms with Crippen LogP contribution in [0.5, 0.6) is 0 Å². The monoisotopic (exact) mass is 322 g/mol. The molecule has 0 amide bonds. The van der Waals surface area contributed by atoms with Crippen LogP contribution in [0.25, 0.3) is 0 Å². The lowest BCUT2D eigenvalue weighted by molar-refractivity contribution is 0.243. The molecule has 10 heteroatoms. The summed E-state index contributed by atoms with van der Waals surface area (Å²) >= 11 is 0.159. The third-order valence-corrected chi connectivity index (χ3v) is 4.57. The van der Waals surface area contributed by atoms with Crippen molar-refractivity contribution in [3.05, 3.63) is 32.6 Å². The zero-order chi connectivity index (χ0) is 14.9. The van der Waals surface area contributed by atoms with E-state index in [0.29, 0.717) is 24.8 Å². The molecule has 0 saturated heterocycles. The normalized spacial score (nSPS) is 23.1. The molecule has 20 heavy (non-hydrogen) atoms. The molecule has 0 spiro atoms. The summed E-state index contributed by atoms with van der Waals surface area (Å²) in [4.78, 5) is 42.7. The van der Waals surface area contributed by atoms with Gasteiger partial charge in [-0.15, -0.1) is 0 Å². The second-order valence-corrected chi connectivity index (χ2v) is 7.93. The van der Waals surface area contributed by atoms with Gasteiger partial charge in [0.05, 0.1) is 6.10 Å². The molecule has 2 atom stereocenters. The van der Waals surface area contributed by atoms with Gasteiger partial charge in [0.15, 0.2) is 0 Å². The molecule has 1 aliphatic rings. The molecule has 3 N–H and O–H groups in total. The average molecular weight is 322 g/mol. The topological polar surface area (TPSA) is 122 Å². The number of nitrogens with one attached hydrogen (secondary N) is 1. The zero-order valence-electron chi connectivity index (χ0n) is 10.7. The van der Waals surface area contributed by atoms with E-state index in [9.17, 15) is 14.2 Å². The Morgan fingerprint density at radius 2 is 2.15 bits per heavy atom. The summed E-state index contributed by atoms with van der Waals surface area (Å²) in [5.74, 6) is 0. The second-order valence-electron chi connectivity index (χ2n) is 4.73. The number of aromatic nitrogens is 2. The van der Waals surface area contributed by atoms with E-state index < -0.39 is 18.0 Å². The Morgan fingerprint density at radius 3 is 2.80 bits per heavy atom. The highest BCUT2D eigenvalue weighted by Gasteiger charge is 2.30. The molecule has 8 nitrogen and oxygen atoms in total. The quantitative estimate of drug-likeness (QED) is 0.551. The van der Waals surface area contributed by atoms with Crippen LogP contribution in [-0.2, 0) is 8.75 Å². The van der Waals surface area contributed by atoms with Crippen molar-refractivity contribution < 1.29 is 18.5 Å². The molecule has 1 aliphatic carbocycles. The zero-order valence-corrected chi connectivity index (χ0v) is 12.4. The summed E-state index contributed by atoms with van der Waals surface area (Å²) in [6, 6.07) is -0.138. The van der Waals surface area contributed by atoms with Crippen LogP contribution in [-0.4, -0.2) is 25.4 Å². The average Bonchev–Trinajstić information content (AvgIpc) is 2.79. The fraction of sp³-hybridized carbons (Fsp3) is 0.600. The molecular formula is C10H15N2O6PS. The molecule has 0 radical (unpaired) electrons. The fourth-order valence-corrected chi connectivity index (χ4v) is 3.34. The molecule has 2 rings (SSSR count). The summed E-state index contributed by atoms with van der Waals surface area (Å²) in [5, 5.41) is 0. The van der Waals surface area contributed by atoms with Crippen LogP contribution < -0.4 is 11.2 Å². The third-order valence-electron chi connectivity index (χ3n) is 3.17. The molecule has 0 aromatic carbocycles. The Morgan fingerprint density at radius 1 is 1.45 bits per heavy atom. The van der Waals surface area contributed by atoms with Gasteiger partial charge >= 0.3 is 12.5 Å². The lowest BCUT2D eigenvalue weighted by Crippen LogP contribution is -2.32. The summed E-state index contributed by atoms with van der Waals surface area (Å²) in [5.41, 5.74) is -0.443. The molecule has 1 saturated carbocycles. The Kier molecular flexibility index (Phi) is 4.55. The van der Waals surface area contributed by atoms with Crippen LogP contribution >= 0.6 is 18.5 Å². The fourth-order valence-electron chi connectivity index (χ4n) is 2.23. The lowest BCUT2D eigenvalue weighted by Gasteiger charge is -2.14. The van der Waals surface area contributed by atoms with Gasteiger partial charge in [-0.2, -0.15) is 0 Å². The van der Waals surface area contributed by atoms with Crippen LogP contribution in [0.4, 0.5) is 0 Å². The van der Waals surface area contributed by atoms with Gasteiger partial charge in [0, 0.05) is 17.8 Å². The van der Waals surface area contributed by atoms with Gasteiger partial charge < -0.3 is 14.0 Å².